The van der Waals surface area contributed by atoms with Gasteiger partial charge in [-0.1, -0.05) is 0 Å². The van der Waals surface area contributed by atoms with Crippen molar-refractivity contribution in [3.8, 4) is 11.4 Å². The Morgan fingerprint density at radius 3 is 2.93 bits per heavy atom. The number of fused-ring (bicyclic) bond motifs is 1. The Morgan fingerprint density at radius 2 is 2.13 bits per heavy atom. The van der Waals surface area contributed by atoms with E-state index in [-0.39, 0.29) is 18.0 Å². The molecule has 0 aromatic carbocycles. The molecular formula is C20H24FN7O2. The highest BCUT2D eigenvalue weighted by molar-refractivity contribution is 5.75. The van der Waals surface area contributed by atoms with Crippen LogP contribution < -0.4 is 5.32 Å². The van der Waals surface area contributed by atoms with Gasteiger partial charge in [0.1, 0.15) is 5.60 Å². The third-order valence-electron chi connectivity index (χ3n) is 4.72. The van der Waals surface area contributed by atoms with Crippen LogP contribution in [0.5, 0.6) is 0 Å². The number of likely N-dealkylation sites (tertiary alicyclic amines) is 1. The van der Waals surface area contributed by atoms with Crippen LogP contribution in [0.1, 0.15) is 33.6 Å². The lowest BCUT2D eigenvalue weighted by Gasteiger charge is -2.34. The molecular weight excluding hydrogens is 389 g/mol. The molecule has 1 aliphatic heterocycles. The molecule has 3 aromatic heterocycles. The van der Waals surface area contributed by atoms with Gasteiger partial charge >= 0.3 is 6.09 Å². The quantitative estimate of drug-likeness (QED) is 0.704. The van der Waals surface area contributed by atoms with E-state index < -0.39 is 11.4 Å². The molecule has 0 radical (unpaired) electrons. The summed E-state index contributed by atoms with van der Waals surface area (Å²) in [5.41, 5.74) is 0.822. The maximum absolute atomic E-state index is 14.4. The average molecular weight is 413 g/mol. The number of carbonyl (C=O) groups is 1. The van der Waals surface area contributed by atoms with Gasteiger partial charge in [0.05, 0.1) is 29.7 Å². The van der Waals surface area contributed by atoms with E-state index in [1.165, 1.54) is 0 Å². The zero-order valence-electron chi connectivity index (χ0n) is 17.2. The van der Waals surface area contributed by atoms with Crippen molar-refractivity contribution in [1.29, 1.82) is 0 Å². The number of aromatic nitrogens is 5. The first-order chi connectivity index (χ1) is 14.3. The van der Waals surface area contributed by atoms with Gasteiger partial charge in [-0.25, -0.2) is 23.7 Å². The largest absolute Gasteiger partial charge is 0.444 e. The molecule has 4 rings (SSSR count). The molecule has 1 atom stereocenters. The zero-order chi connectivity index (χ0) is 21.3. The summed E-state index contributed by atoms with van der Waals surface area (Å²) in [6.45, 7) is 6.52. The van der Waals surface area contributed by atoms with Crippen molar-refractivity contribution in [2.75, 3.05) is 18.4 Å². The van der Waals surface area contributed by atoms with E-state index in [2.05, 4.69) is 25.4 Å². The van der Waals surface area contributed by atoms with Crippen molar-refractivity contribution in [2.24, 2.45) is 0 Å². The van der Waals surface area contributed by atoms with E-state index >= 15 is 0 Å². The molecule has 158 valence electrons. The minimum Gasteiger partial charge on any atom is -0.444 e. The number of nitrogens with one attached hydrogen (secondary N) is 1. The van der Waals surface area contributed by atoms with E-state index in [0.29, 0.717) is 24.5 Å². The molecule has 0 spiro atoms. The Hall–Kier alpha value is -3.30. The van der Waals surface area contributed by atoms with Crippen molar-refractivity contribution in [2.45, 2.75) is 45.3 Å². The molecule has 0 saturated carbocycles. The summed E-state index contributed by atoms with van der Waals surface area (Å²) in [4.78, 5) is 26.6. The molecule has 1 aliphatic rings. The summed E-state index contributed by atoms with van der Waals surface area (Å²) in [5.74, 6) is -0.108. The first-order valence-electron chi connectivity index (χ1n) is 9.85. The topological polar surface area (TPSA) is 97.5 Å². The molecule has 30 heavy (non-hydrogen) atoms. The van der Waals surface area contributed by atoms with Crippen molar-refractivity contribution in [3.05, 3.63) is 36.8 Å². The Labute approximate surface area is 173 Å². The van der Waals surface area contributed by atoms with Crippen molar-refractivity contribution < 1.29 is 13.9 Å². The van der Waals surface area contributed by atoms with Crippen LogP contribution in [-0.2, 0) is 4.74 Å². The van der Waals surface area contributed by atoms with Gasteiger partial charge in [0, 0.05) is 31.5 Å². The van der Waals surface area contributed by atoms with Gasteiger partial charge in [0.2, 0.25) is 0 Å². The van der Waals surface area contributed by atoms with E-state index in [0.717, 1.165) is 24.6 Å². The number of nitrogens with zero attached hydrogens (tertiary/aromatic N) is 6. The number of amides is 1. The molecule has 10 heteroatoms. The molecule has 0 aliphatic carbocycles. The lowest BCUT2D eigenvalue weighted by molar-refractivity contribution is 0.0206. The third-order valence-corrected chi connectivity index (χ3v) is 4.72. The predicted octanol–water partition coefficient (Wildman–Crippen LogP) is 3.14. The van der Waals surface area contributed by atoms with Crippen LogP contribution >= 0.6 is 0 Å². The Balaban J connectivity index is 1.52. The summed E-state index contributed by atoms with van der Waals surface area (Å²) in [7, 11) is 0. The second-order valence-electron chi connectivity index (χ2n) is 8.26. The number of halogens is 1. The van der Waals surface area contributed by atoms with E-state index in [1.807, 2.05) is 20.8 Å². The highest BCUT2D eigenvalue weighted by Crippen LogP contribution is 2.24. The van der Waals surface area contributed by atoms with Crippen LogP contribution in [-0.4, -0.2) is 60.3 Å². The number of ether oxygens (including phenoxy) is 1. The molecule has 1 N–H and O–H groups in total. The van der Waals surface area contributed by atoms with Gasteiger partial charge in [-0.3, -0.25) is 4.98 Å². The lowest BCUT2D eigenvalue weighted by atomic mass is 10.1. The number of carbonyl (C=O) groups excluding carboxylic acids is 1. The summed E-state index contributed by atoms with van der Waals surface area (Å²) in [6, 6.07) is -0.144. The number of piperidine rings is 1. The van der Waals surface area contributed by atoms with Crippen molar-refractivity contribution in [1.82, 2.24) is 29.5 Å². The van der Waals surface area contributed by atoms with E-state index in [9.17, 15) is 9.18 Å². The molecule has 4 heterocycles. The predicted molar refractivity (Wildman–Crippen MR) is 108 cm³/mol. The minimum atomic E-state index is -0.561. The van der Waals surface area contributed by atoms with Crippen molar-refractivity contribution in [3.63, 3.8) is 0 Å². The molecule has 1 fully saturated rings. The van der Waals surface area contributed by atoms with Crippen LogP contribution in [0.25, 0.3) is 16.9 Å². The first-order valence-corrected chi connectivity index (χ1v) is 9.85. The monoisotopic (exact) mass is 413 g/mol. The molecule has 3 aromatic rings. The molecule has 9 nitrogen and oxygen atoms in total. The van der Waals surface area contributed by atoms with Crippen LogP contribution in [0, 0.1) is 5.82 Å². The van der Waals surface area contributed by atoms with Crippen LogP contribution in [0.4, 0.5) is 15.0 Å². The van der Waals surface area contributed by atoms with Gasteiger partial charge < -0.3 is 15.0 Å². The maximum atomic E-state index is 14.4. The second-order valence-corrected chi connectivity index (χ2v) is 8.26. The van der Waals surface area contributed by atoms with Crippen LogP contribution in [0.2, 0.25) is 0 Å². The fourth-order valence-corrected chi connectivity index (χ4v) is 3.39. The lowest BCUT2D eigenvalue weighted by Crippen LogP contribution is -2.47. The maximum Gasteiger partial charge on any atom is 0.410 e. The number of hydrogen-bond acceptors (Lipinski definition) is 7. The van der Waals surface area contributed by atoms with Crippen molar-refractivity contribution >= 4 is 17.4 Å². The summed E-state index contributed by atoms with van der Waals surface area (Å²) >= 11 is 0. The Kier molecular flexibility index (Phi) is 5.23. The standard InChI is InChI=1S/C20H24FN7O2/c1-20(2,3)30-19(29)27-7-4-5-13(12-27)25-18-15(21)10-23-17(26-18)14-9-24-28-8-6-22-11-16(14)28/h6,8-11,13H,4-5,7,12H2,1-3H3,(H,23,25,26). The number of hydrogen-bond donors (Lipinski definition) is 1. The van der Waals surface area contributed by atoms with Crippen LogP contribution in [0.15, 0.2) is 31.0 Å². The van der Waals surface area contributed by atoms with E-state index in [1.54, 1.807) is 34.2 Å². The summed E-state index contributed by atoms with van der Waals surface area (Å²) < 4.78 is 21.5. The number of rotatable bonds is 3. The first kappa shape index (κ1) is 20.0. The van der Waals surface area contributed by atoms with Gasteiger partial charge in [0.25, 0.3) is 0 Å². The van der Waals surface area contributed by atoms with Gasteiger partial charge in [-0.2, -0.15) is 5.10 Å². The van der Waals surface area contributed by atoms with Gasteiger partial charge in [-0.15, -0.1) is 0 Å². The zero-order valence-corrected chi connectivity index (χ0v) is 17.2. The average Bonchev–Trinajstić information content (AvgIpc) is 3.13. The van der Waals surface area contributed by atoms with E-state index in [4.69, 9.17) is 4.74 Å². The molecule has 1 amide bonds. The highest BCUT2D eigenvalue weighted by atomic mass is 19.1. The normalized spacial score (nSPS) is 17.2. The third kappa shape index (κ3) is 4.32. The van der Waals surface area contributed by atoms with Gasteiger partial charge in [0.15, 0.2) is 17.5 Å². The molecule has 1 saturated heterocycles. The Morgan fingerprint density at radius 1 is 1.30 bits per heavy atom. The fourth-order valence-electron chi connectivity index (χ4n) is 3.39. The highest BCUT2D eigenvalue weighted by Gasteiger charge is 2.28. The van der Waals surface area contributed by atoms with Crippen LogP contribution in [0.3, 0.4) is 0 Å². The second kappa shape index (κ2) is 7.85. The summed E-state index contributed by atoms with van der Waals surface area (Å²) in [6.07, 6.45) is 8.97. The Bertz CT molecular complexity index is 1060. The molecule has 0 bridgehead atoms. The fraction of sp³-hybridized carbons (Fsp3) is 0.450. The summed E-state index contributed by atoms with van der Waals surface area (Å²) in [5, 5.41) is 7.37. The molecule has 1 unspecified atom stereocenters. The van der Waals surface area contributed by atoms with Gasteiger partial charge in [-0.05, 0) is 33.6 Å². The SMILES string of the molecule is CC(C)(C)OC(=O)N1CCCC(Nc2nc(-c3cnn4ccncc34)ncc2F)C1. The number of anilines is 1. The minimum absolute atomic E-state index is 0.0966. The smallest absolute Gasteiger partial charge is 0.410 e.